The minimum atomic E-state index is -0.856. The monoisotopic (exact) mass is 421 g/mol. The van der Waals surface area contributed by atoms with Crippen molar-refractivity contribution >= 4 is 5.97 Å². The van der Waals surface area contributed by atoms with Gasteiger partial charge in [-0.15, -0.1) is 0 Å². The van der Waals surface area contributed by atoms with Gasteiger partial charge in [-0.25, -0.2) is 4.98 Å². The van der Waals surface area contributed by atoms with Crippen LogP contribution in [-0.2, 0) is 30.7 Å². The summed E-state index contributed by atoms with van der Waals surface area (Å²) in [5, 5.41) is 12.9. The molecule has 0 aliphatic heterocycles. The first kappa shape index (κ1) is 22.6. The van der Waals surface area contributed by atoms with Crippen LogP contribution in [0.4, 0.5) is 0 Å². The molecule has 0 bridgehead atoms. The van der Waals surface area contributed by atoms with E-state index >= 15 is 0 Å². The number of methoxy groups -OCH3 is 1. The lowest BCUT2D eigenvalue weighted by Gasteiger charge is -2.17. The number of rotatable bonds is 12. The Morgan fingerprint density at radius 1 is 1.16 bits per heavy atom. The Morgan fingerprint density at radius 2 is 1.90 bits per heavy atom. The van der Waals surface area contributed by atoms with E-state index in [-0.39, 0.29) is 0 Å². The Bertz CT molecular complexity index is 969. The Labute approximate surface area is 183 Å². The fourth-order valence-electron chi connectivity index (χ4n) is 3.65. The molecule has 3 rings (SSSR count). The number of nitrogens with one attached hydrogen (secondary N) is 1. The molecule has 0 saturated carbocycles. The minimum Gasteiger partial charge on any atom is -0.496 e. The van der Waals surface area contributed by atoms with Gasteiger partial charge in [0, 0.05) is 24.7 Å². The fourth-order valence-corrected chi connectivity index (χ4v) is 3.65. The van der Waals surface area contributed by atoms with E-state index in [1.165, 1.54) is 0 Å². The van der Waals surface area contributed by atoms with Crippen molar-refractivity contribution in [2.75, 3.05) is 7.11 Å². The SMILES string of the molecule is CCCCc1ncc(CN[C@@H](Cc2ccccc2)C(=O)O)n1Cc1ccccc1OC. The second-order valence-corrected chi connectivity index (χ2v) is 7.63. The third-order valence-corrected chi connectivity index (χ3v) is 5.41. The van der Waals surface area contributed by atoms with E-state index in [4.69, 9.17) is 4.74 Å². The van der Waals surface area contributed by atoms with Crippen LogP contribution < -0.4 is 10.1 Å². The molecule has 0 aliphatic rings. The molecule has 6 heteroatoms. The predicted octanol–water partition coefficient (Wildman–Crippen LogP) is 4.07. The summed E-state index contributed by atoms with van der Waals surface area (Å²) in [5.41, 5.74) is 3.03. The highest BCUT2D eigenvalue weighted by Crippen LogP contribution is 2.21. The molecule has 31 heavy (non-hydrogen) atoms. The number of hydrogen-bond acceptors (Lipinski definition) is 4. The summed E-state index contributed by atoms with van der Waals surface area (Å²) in [6.45, 7) is 3.23. The molecular weight excluding hydrogens is 390 g/mol. The van der Waals surface area contributed by atoms with Crippen LogP contribution >= 0.6 is 0 Å². The van der Waals surface area contributed by atoms with E-state index < -0.39 is 12.0 Å². The van der Waals surface area contributed by atoms with Crippen LogP contribution in [0.1, 0.15) is 42.4 Å². The highest BCUT2D eigenvalue weighted by molar-refractivity contribution is 5.73. The second kappa shape index (κ2) is 11.3. The van der Waals surface area contributed by atoms with E-state index in [1.807, 2.05) is 54.7 Å². The van der Waals surface area contributed by atoms with Gasteiger partial charge in [0.15, 0.2) is 0 Å². The summed E-state index contributed by atoms with van der Waals surface area (Å²) in [5.74, 6) is 0.995. The molecule has 2 aromatic carbocycles. The van der Waals surface area contributed by atoms with Gasteiger partial charge >= 0.3 is 5.97 Å². The zero-order valence-corrected chi connectivity index (χ0v) is 18.3. The minimum absolute atomic E-state index is 0.429. The van der Waals surface area contributed by atoms with Crippen LogP contribution in [0.2, 0.25) is 0 Å². The molecule has 0 aliphatic carbocycles. The maximum atomic E-state index is 11.8. The number of carbonyl (C=O) groups is 1. The number of aryl methyl sites for hydroxylation is 1. The molecule has 0 unspecified atom stereocenters. The molecule has 3 aromatic rings. The van der Waals surface area contributed by atoms with Gasteiger partial charge < -0.3 is 14.4 Å². The van der Waals surface area contributed by atoms with Crippen molar-refractivity contribution in [3.05, 3.63) is 83.4 Å². The van der Waals surface area contributed by atoms with Crippen molar-refractivity contribution in [3.8, 4) is 5.75 Å². The first-order chi connectivity index (χ1) is 15.1. The zero-order chi connectivity index (χ0) is 22.1. The lowest BCUT2D eigenvalue weighted by Crippen LogP contribution is -2.38. The number of hydrogen-bond donors (Lipinski definition) is 2. The van der Waals surface area contributed by atoms with Gasteiger partial charge in [0.05, 0.1) is 19.3 Å². The van der Waals surface area contributed by atoms with E-state index in [9.17, 15) is 9.90 Å². The van der Waals surface area contributed by atoms with Crippen LogP contribution in [0.25, 0.3) is 0 Å². The Hall–Kier alpha value is -3.12. The van der Waals surface area contributed by atoms with E-state index in [1.54, 1.807) is 7.11 Å². The summed E-state index contributed by atoms with van der Waals surface area (Å²) in [7, 11) is 1.67. The average molecular weight is 422 g/mol. The predicted molar refractivity (Wildman–Crippen MR) is 121 cm³/mol. The van der Waals surface area contributed by atoms with Gasteiger partial charge in [-0.05, 0) is 24.5 Å². The maximum absolute atomic E-state index is 11.8. The number of para-hydroxylation sites is 1. The standard InChI is InChI=1S/C25H31N3O3/c1-3-4-14-24-27-17-21(28(24)18-20-12-8-9-13-23(20)31-2)16-26-22(25(29)30)15-19-10-6-5-7-11-19/h5-13,17,22,26H,3-4,14-16,18H2,1-2H3,(H,29,30)/t22-/m0/s1. The highest BCUT2D eigenvalue weighted by atomic mass is 16.5. The van der Waals surface area contributed by atoms with Gasteiger partial charge in [0.25, 0.3) is 0 Å². The summed E-state index contributed by atoms with van der Waals surface area (Å²) in [6.07, 6.45) is 5.32. The topological polar surface area (TPSA) is 76.4 Å². The molecule has 1 heterocycles. The number of carboxylic acids is 1. The molecule has 6 nitrogen and oxygen atoms in total. The Balaban J connectivity index is 1.79. The highest BCUT2D eigenvalue weighted by Gasteiger charge is 2.19. The molecule has 2 N–H and O–H groups in total. The van der Waals surface area contributed by atoms with E-state index in [0.29, 0.717) is 19.5 Å². The van der Waals surface area contributed by atoms with Crippen molar-refractivity contribution < 1.29 is 14.6 Å². The van der Waals surface area contributed by atoms with Crippen molar-refractivity contribution in [3.63, 3.8) is 0 Å². The molecule has 1 atom stereocenters. The first-order valence-corrected chi connectivity index (χ1v) is 10.8. The molecule has 0 saturated heterocycles. The largest absolute Gasteiger partial charge is 0.496 e. The van der Waals surface area contributed by atoms with Gasteiger partial charge in [-0.2, -0.15) is 0 Å². The lowest BCUT2D eigenvalue weighted by molar-refractivity contribution is -0.139. The van der Waals surface area contributed by atoms with E-state index in [0.717, 1.165) is 47.7 Å². The first-order valence-electron chi connectivity index (χ1n) is 10.8. The molecule has 164 valence electrons. The zero-order valence-electron chi connectivity index (χ0n) is 18.3. The van der Waals surface area contributed by atoms with Gasteiger partial charge in [-0.3, -0.25) is 10.1 Å². The average Bonchev–Trinajstić information content (AvgIpc) is 3.17. The third-order valence-electron chi connectivity index (χ3n) is 5.41. The number of carboxylic acid groups (broad SMARTS) is 1. The molecule has 0 fully saturated rings. The normalized spacial score (nSPS) is 11.9. The summed E-state index contributed by atoms with van der Waals surface area (Å²) >= 11 is 0. The van der Waals surface area contributed by atoms with Gasteiger partial charge in [0.2, 0.25) is 0 Å². The van der Waals surface area contributed by atoms with Gasteiger partial charge in [0.1, 0.15) is 17.6 Å². The van der Waals surface area contributed by atoms with Crippen LogP contribution in [0.3, 0.4) is 0 Å². The number of aliphatic carboxylic acids is 1. The van der Waals surface area contributed by atoms with Crippen molar-refractivity contribution in [1.29, 1.82) is 0 Å². The molecular formula is C25H31N3O3. The maximum Gasteiger partial charge on any atom is 0.321 e. The quantitative estimate of drug-likeness (QED) is 0.461. The molecule has 0 amide bonds. The number of unbranched alkanes of at least 4 members (excludes halogenated alkanes) is 1. The van der Waals surface area contributed by atoms with Crippen LogP contribution in [0.15, 0.2) is 60.8 Å². The number of benzene rings is 2. The van der Waals surface area contributed by atoms with E-state index in [2.05, 4.69) is 27.9 Å². The summed E-state index contributed by atoms with van der Waals surface area (Å²) < 4.78 is 7.71. The summed E-state index contributed by atoms with van der Waals surface area (Å²) in [4.78, 5) is 16.5. The van der Waals surface area contributed by atoms with Crippen molar-refractivity contribution in [2.45, 2.75) is 51.7 Å². The molecule has 0 radical (unpaired) electrons. The molecule has 0 spiro atoms. The fraction of sp³-hybridized carbons (Fsp3) is 0.360. The van der Waals surface area contributed by atoms with Crippen molar-refractivity contribution in [2.24, 2.45) is 0 Å². The summed E-state index contributed by atoms with van der Waals surface area (Å²) in [6, 6.07) is 17.0. The molecule has 1 aromatic heterocycles. The van der Waals surface area contributed by atoms with Crippen molar-refractivity contribution in [1.82, 2.24) is 14.9 Å². The lowest BCUT2D eigenvalue weighted by atomic mass is 10.1. The Kier molecular flexibility index (Phi) is 8.24. The second-order valence-electron chi connectivity index (χ2n) is 7.63. The van der Waals surface area contributed by atoms with Crippen LogP contribution in [0.5, 0.6) is 5.75 Å². The number of aromatic nitrogens is 2. The number of ether oxygens (including phenoxy) is 1. The smallest absolute Gasteiger partial charge is 0.321 e. The number of nitrogens with zero attached hydrogens (tertiary/aromatic N) is 2. The van der Waals surface area contributed by atoms with Crippen LogP contribution in [-0.4, -0.2) is 33.8 Å². The van der Waals surface area contributed by atoms with Gasteiger partial charge in [-0.1, -0.05) is 61.9 Å². The van der Waals surface area contributed by atoms with Crippen LogP contribution in [0, 0.1) is 0 Å². The third kappa shape index (κ3) is 6.18. The Morgan fingerprint density at radius 3 is 2.61 bits per heavy atom. The number of imidazole rings is 1.